The van der Waals surface area contributed by atoms with E-state index in [0.29, 0.717) is 22.9 Å². The van der Waals surface area contributed by atoms with Gasteiger partial charge >= 0.3 is 5.97 Å². The third-order valence-corrected chi connectivity index (χ3v) is 3.93. The van der Waals surface area contributed by atoms with Crippen LogP contribution < -0.4 is 9.47 Å². The fourth-order valence-electron chi connectivity index (χ4n) is 2.26. The van der Waals surface area contributed by atoms with Crippen LogP contribution in [0.3, 0.4) is 0 Å². The Kier molecular flexibility index (Phi) is 6.05. The SMILES string of the molecule is CCC(=O)Oc1ccccc1COc1cc(C)c(CC)cc1Cl. The summed E-state index contributed by atoms with van der Waals surface area (Å²) in [5.41, 5.74) is 3.17. The average Bonchev–Trinajstić information content (AvgIpc) is 2.56. The zero-order valence-corrected chi connectivity index (χ0v) is 14.4. The van der Waals surface area contributed by atoms with Crippen molar-refractivity contribution in [3.05, 3.63) is 58.1 Å². The van der Waals surface area contributed by atoms with E-state index in [9.17, 15) is 4.79 Å². The van der Waals surface area contributed by atoms with Crippen molar-refractivity contribution in [2.45, 2.75) is 40.2 Å². The average molecular weight is 333 g/mol. The number of carbonyl (C=O) groups is 1. The Morgan fingerprint density at radius 3 is 2.52 bits per heavy atom. The number of hydrogen-bond acceptors (Lipinski definition) is 3. The molecule has 0 atom stereocenters. The number of esters is 1. The number of hydrogen-bond donors (Lipinski definition) is 0. The van der Waals surface area contributed by atoms with Crippen LogP contribution in [0.25, 0.3) is 0 Å². The van der Waals surface area contributed by atoms with Crippen LogP contribution in [-0.4, -0.2) is 5.97 Å². The van der Waals surface area contributed by atoms with Crippen molar-refractivity contribution in [1.29, 1.82) is 0 Å². The van der Waals surface area contributed by atoms with Crippen LogP contribution in [-0.2, 0) is 17.8 Å². The predicted molar refractivity (Wildman–Crippen MR) is 92.3 cm³/mol. The predicted octanol–water partition coefficient (Wildman–Crippen LogP) is 5.11. The van der Waals surface area contributed by atoms with Gasteiger partial charge in [0.2, 0.25) is 0 Å². The highest BCUT2D eigenvalue weighted by Gasteiger charge is 2.10. The number of halogens is 1. The van der Waals surface area contributed by atoms with E-state index >= 15 is 0 Å². The molecule has 0 aromatic heterocycles. The molecule has 2 aromatic rings. The Balaban J connectivity index is 2.15. The molecule has 0 saturated heterocycles. The summed E-state index contributed by atoms with van der Waals surface area (Å²) in [4.78, 5) is 11.5. The first-order chi connectivity index (χ1) is 11.0. The third-order valence-electron chi connectivity index (χ3n) is 3.64. The van der Waals surface area contributed by atoms with E-state index in [2.05, 4.69) is 6.92 Å². The van der Waals surface area contributed by atoms with Crippen molar-refractivity contribution in [3.8, 4) is 11.5 Å². The van der Waals surface area contributed by atoms with Crippen LogP contribution in [0.4, 0.5) is 0 Å². The van der Waals surface area contributed by atoms with Gasteiger partial charge in [-0.1, -0.05) is 43.6 Å². The molecule has 2 aromatic carbocycles. The molecule has 0 aliphatic rings. The fourth-order valence-corrected chi connectivity index (χ4v) is 2.50. The summed E-state index contributed by atoms with van der Waals surface area (Å²) in [5.74, 6) is 0.897. The van der Waals surface area contributed by atoms with Gasteiger partial charge in [0.25, 0.3) is 0 Å². The molecular weight excluding hydrogens is 312 g/mol. The Hall–Kier alpha value is -2.00. The summed E-state index contributed by atoms with van der Waals surface area (Å²) in [6.07, 6.45) is 1.26. The number of rotatable bonds is 6. The second kappa shape index (κ2) is 8.02. The molecule has 0 aliphatic carbocycles. The highest BCUT2D eigenvalue weighted by atomic mass is 35.5. The molecule has 0 amide bonds. The van der Waals surface area contributed by atoms with Crippen molar-refractivity contribution >= 4 is 17.6 Å². The molecule has 122 valence electrons. The molecule has 0 saturated carbocycles. The zero-order chi connectivity index (χ0) is 16.8. The maximum atomic E-state index is 11.5. The lowest BCUT2D eigenvalue weighted by Crippen LogP contribution is -2.08. The molecule has 0 bridgehead atoms. The molecular formula is C19H21ClO3. The number of benzene rings is 2. The largest absolute Gasteiger partial charge is 0.487 e. The number of para-hydroxylation sites is 1. The van der Waals surface area contributed by atoms with E-state index in [-0.39, 0.29) is 12.6 Å². The first-order valence-corrected chi connectivity index (χ1v) is 8.13. The second-order valence-electron chi connectivity index (χ2n) is 5.29. The Morgan fingerprint density at radius 2 is 1.83 bits per heavy atom. The lowest BCUT2D eigenvalue weighted by atomic mass is 10.1. The summed E-state index contributed by atoms with van der Waals surface area (Å²) in [6.45, 7) is 6.19. The summed E-state index contributed by atoms with van der Waals surface area (Å²) in [7, 11) is 0. The molecule has 4 heteroatoms. The van der Waals surface area contributed by atoms with Gasteiger partial charge in [0.05, 0.1) is 5.02 Å². The number of ether oxygens (including phenoxy) is 2. The molecule has 0 N–H and O–H groups in total. The van der Waals surface area contributed by atoms with Gasteiger partial charge in [-0.05, 0) is 42.7 Å². The topological polar surface area (TPSA) is 35.5 Å². The van der Waals surface area contributed by atoms with Gasteiger partial charge in [0.1, 0.15) is 18.1 Å². The van der Waals surface area contributed by atoms with E-state index in [4.69, 9.17) is 21.1 Å². The summed E-state index contributed by atoms with van der Waals surface area (Å²) in [5, 5.41) is 0.593. The van der Waals surface area contributed by atoms with Crippen LogP contribution in [0.2, 0.25) is 5.02 Å². The normalized spacial score (nSPS) is 10.4. The van der Waals surface area contributed by atoms with Crippen molar-refractivity contribution in [2.75, 3.05) is 0 Å². The summed E-state index contributed by atoms with van der Waals surface area (Å²) >= 11 is 6.28. The molecule has 0 heterocycles. The standard InChI is InChI=1S/C19H21ClO3/c1-4-14-11-16(20)18(10-13(14)3)22-12-15-8-6-7-9-17(15)23-19(21)5-2/h6-11H,4-5,12H2,1-3H3. The lowest BCUT2D eigenvalue weighted by Gasteiger charge is -2.13. The van der Waals surface area contributed by atoms with E-state index in [1.54, 1.807) is 13.0 Å². The maximum Gasteiger partial charge on any atom is 0.310 e. The Bertz CT molecular complexity index is 695. The van der Waals surface area contributed by atoms with Crippen LogP contribution in [0.1, 0.15) is 37.0 Å². The van der Waals surface area contributed by atoms with Crippen LogP contribution in [0, 0.1) is 6.92 Å². The molecule has 3 nitrogen and oxygen atoms in total. The van der Waals surface area contributed by atoms with Crippen LogP contribution >= 0.6 is 11.6 Å². The van der Waals surface area contributed by atoms with Gasteiger partial charge in [-0.25, -0.2) is 0 Å². The van der Waals surface area contributed by atoms with E-state index < -0.39 is 0 Å². The monoisotopic (exact) mass is 332 g/mol. The first-order valence-electron chi connectivity index (χ1n) is 7.75. The smallest absolute Gasteiger partial charge is 0.310 e. The van der Waals surface area contributed by atoms with Crippen LogP contribution in [0.5, 0.6) is 11.5 Å². The molecule has 0 fully saturated rings. The number of aryl methyl sites for hydroxylation is 2. The summed E-state index contributed by atoms with van der Waals surface area (Å²) in [6, 6.07) is 11.2. The highest BCUT2D eigenvalue weighted by molar-refractivity contribution is 6.32. The fraction of sp³-hybridized carbons (Fsp3) is 0.316. The molecule has 0 radical (unpaired) electrons. The maximum absolute atomic E-state index is 11.5. The van der Waals surface area contributed by atoms with Crippen LogP contribution in [0.15, 0.2) is 36.4 Å². The minimum atomic E-state index is -0.265. The second-order valence-corrected chi connectivity index (χ2v) is 5.69. The summed E-state index contributed by atoms with van der Waals surface area (Å²) < 4.78 is 11.2. The minimum Gasteiger partial charge on any atom is -0.487 e. The van der Waals surface area contributed by atoms with Crippen molar-refractivity contribution in [1.82, 2.24) is 0 Å². The van der Waals surface area contributed by atoms with E-state index in [1.165, 1.54) is 5.56 Å². The Labute approximate surface area is 142 Å². The lowest BCUT2D eigenvalue weighted by molar-refractivity contribution is -0.134. The molecule has 0 spiro atoms. The van der Waals surface area contributed by atoms with Gasteiger partial charge in [0, 0.05) is 12.0 Å². The molecule has 0 unspecified atom stereocenters. The van der Waals surface area contributed by atoms with Gasteiger partial charge < -0.3 is 9.47 Å². The Morgan fingerprint density at radius 1 is 1.09 bits per heavy atom. The number of carbonyl (C=O) groups excluding carboxylic acids is 1. The molecule has 0 aliphatic heterocycles. The molecule has 23 heavy (non-hydrogen) atoms. The molecule has 2 rings (SSSR count). The minimum absolute atomic E-state index is 0.265. The third kappa shape index (κ3) is 4.49. The van der Waals surface area contributed by atoms with Crippen molar-refractivity contribution in [3.63, 3.8) is 0 Å². The van der Waals surface area contributed by atoms with Gasteiger partial charge in [-0.15, -0.1) is 0 Å². The highest BCUT2D eigenvalue weighted by Crippen LogP contribution is 2.30. The van der Waals surface area contributed by atoms with Gasteiger partial charge in [-0.3, -0.25) is 4.79 Å². The zero-order valence-electron chi connectivity index (χ0n) is 13.7. The first kappa shape index (κ1) is 17.4. The van der Waals surface area contributed by atoms with E-state index in [1.807, 2.05) is 37.3 Å². The van der Waals surface area contributed by atoms with E-state index in [0.717, 1.165) is 17.5 Å². The van der Waals surface area contributed by atoms with Crippen molar-refractivity contribution in [2.24, 2.45) is 0 Å². The van der Waals surface area contributed by atoms with Gasteiger partial charge in [-0.2, -0.15) is 0 Å². The van der Waals surface area contributed by atoms with Gasteiger partial charge in [0.15, 0.2) is 0 Å². The van der Waals surface area contributed by atoms with Crippen molar-refractivity contribution < 1.29 is 14.3 Å². The quantitative estimate of drug-likeness (QED) is 0.545.